The highest BCUT2D eigenvalue weighted by molar-refractivity contribution is 7.13. The van der Waals surface area contributed by atoms with Crippen molar-refractivity contribution >= 4 is 52.1 Å². The highest BCUT2D eigenvalue weighted by Crippen LogP contribution is 2.42. The number of aliphatic hydroxyl groups excluding tert-OH is 6. The number of aliphatic hydroxyl groups is 6. The van der Waals surface area contributed by atoms with Gasteiger partial charge in [0.25, 0.3) is 0 Å². The van der Waals surface area contributed by atoms with E-state index in [0.717, 1.165) is 42.5 Å². The summed E-state index contributed by atoms with van der Waals surface area (Å²) in [5.41, 5.74) is 1.02. The lowest BCUT2D eigenvalue weighted by Gasteiger charge is -2.25. The Morgan fingerprint density at radius 1 is 0.974 bits per heavy atom. The first-order chi connectivity index (χ1) is 18.5. The van der Waals surface area contributed by atoms with Gasteiger partial charge in [0, 0.05) is 20.3 Å². The van der Waals surface area contributed by atoms with Gasteiger partial charge in [0.15, 0.2) is 0 Å². The summed E-state index contributed by atoms with van der Waals surface area (Å²) in [6, 6.07) is 8.91. The van der Waals surface area contributed by atoms with Crippen molar-refractivity contribution in [2.24, 2.45) is 11.8 Å². The molecular weight excluding hydrogens is 591 g/mol. The highest BCUT2D eigenvalue weighted by Gasteiger charge is 2.40. The Labute approximate surface area is 246 Å². The first-order valence-electron chi connectivity index (χ1n) is 12.9. The minimum atomic E-state index is -1.80. The second-order valence-electron chi connectivity index (χ2n) is 10.0. The van der Waals surface area contributed by atoms with Crippen molar-refractivity contribution in [3.63, 3.8) is 0 Å². The molecule has 12 heteroatoms. The number of hydrogen-bond acceptors (Lipinski definition) is 9. The second-order valence-corrected chi connectivity index (χ2v) is 12.6. The van der Waals surface area contributed by atoms with E-state index < -0.39 is 49.7 Å². The lowest BCUT2D eigenvalue weighted by atomic mass is 9.85. The molecule has 1 aromatic heterocycles. The zero-order chi connectivity index (χ0) is 28.7. The number of benzene rings is 1. The quantitative estimate of drug-likeness (QED) is 0.139. The number of halogens is 3. The van der Waals surface area contributed by atoms with Crippen LogP contribution >= 0.6 is 46.1 Å². The number of aryl methyl sites for hydroxylation is 2. The SMILES string of the molecule is O=C(OC[C@@H](O)[C@@H](O)[C@H](O)[C@H](O)CO)c1ccc(CCC[C@@H]2[C@@H](CCc3cc(Cl)cc(Cl)c3)[C@H](O)C[C@H]2Cl)s1. The number of carbonyl (C=O) groups excluding carboxylic acids is 1. The van der Waals surface area contributed by atoms with Crippen LogP contribution in [0.25, 0.3) is 0 Å². The number of ether oxygens (including phenoxy) is 1. The van der Waals surface area contributed by atoms with Gasteiger partial charge < -0.3 is 35.4 Å². The molecule has 1 aromatic carbocycles. The fourth-order valence-corrected chi connectivity index (χ4v) is 7.06. The molecule has 1 saturated carbocycles. The minimum absolute atomic E-state index is 0.0675. The van der Waals surface area contributed by atoms with Crippen molar-refractivity contribution in [2.75, 3.05) is 13.2 Å². The predicted octanol–water partition coefficient (Wildman–Crippen LogP) is 3.21. The third-order valence-electron chi connectivity index (χ3n) is 7.20. The van der Waals surface area contributed by atoms with E-state index in [0.29, 0.717) is 21.3 Å². The van der Waals surface area contributed by atoms with E-state index >= 15 is 0 Å². The maximum Gasteiger partial charge on any atom is 0.348 e. The van der Waals surface area contributed by atoms with Gasteiger partial charge in [0.05, 0.1) is 12.7 Å². The Balaban J connectivity index is 1.46. The lowest BCUT2D eigenvalue weighted by Crippen LogP contribution is -2.47. The summed E-state index contributed by atoms with van der Waals surface area (Å²) in [4.78, 5) is 13.7. The van der Waals surface area contributed by atoms with Gasteiger partial charge in [-0.05, 0) is 86.3 Å². The summed E-state index contributed by atoms with van der Waals surface area (Å²) in [6.07, 6.45) is -2.88. The number of rotatable bonds is 14. The molecule has 0 saturated heterocycles. The zero-order valence-electron chi connectivity index (χ0n) is 21.2. The summed E-state index contributed by atoms with van der Waals surface area (Å²) in [5.74, 6) is -0.457. The van der Waals surface area contributed by atoms with Crippen molar-refractivity contribution in [2.45, 2.75) is 74.4 Å². The molecule has 8 atom stereocenters. The first kappa shape index (κ1) is 32.5. The predicted molar refractivity (Wildman–Crippen MR) is 151 cm³/mol. The third kappa shape index (κ3) is 9.26. The smallest absolute Gasteiger partial charge is 0.348 e. The molecule has 1 heterocycles. The number of alkyl halides is 1. The fraction of sp³-hybridized carbons (Fsp3) is 0.593. The summed E-state index contributed by atoms with van der Waals surface area (Å²) < 4.78 is 5.04. The Morgan fingerprint density at radius 3 is 2.31 bits per heavy atom. The Morgan fingerprint density at radius 2 is 1.64 bits per heavy atom. The average molecular weight is 626 g/mol. The minimum Gasteiger partial charge on any atom is -0.459 e. The summed E-state index contributed by atoms with van der Waals surface area (Å²) in [5, 5.41) is 59.3. The molecule has 3 rings (SSSR count). The molecule has 1 aliphatic rings. The normalized spacial score (nSPS) is 24.3. The van der Waals surface area contributed by atoms with Gasteiger partial charge in [-0.3, -0.25) is 0 Å². The average Bonchev–Trinajstić information content (AvgIpc) is 3.47. The highest BCUT2D eigenvalue weighted by atomic mass is 35.5. The van der Waals surface area contributed by atoms with Gasteiger partial charge in [-0.2, -0.15) is 0 Å². The van der Waals surface area contributed by atoms with E-state index in [9.17, 15) is 30.3 Å². The largest absolute Gasteiger partial charge is 0.459 e. The van der Waals surface area contributed by atoms with E-state index in [1.165, 1.54) is 11.3 Å². The Hall–Kier alpha value is -0.980. The van der Waals surface area contributed by atoms with Gasteiger partial charge in [0.2, 0.25) is 0 Å². The molecule has 2 aromatic rings. The first-order valence-corrected chi connectivity index (χ1v) is 14.9. The van der Waals surface area contributed by atoms with Crippen LogP contribution in [0.2, 0.25) is 10.0 Å². The third-order valence-corrected chi connectivity index (χ3v) is 9.26. The maximum absolute atomic E-state index is 12.4. The van der Waals surface area contributed by atoms with Crippen molar-refractivity contribution in [3.8, 4) is 0 Å². The molecule has 218 valence electrons. The molecule has 1 fully saturated rings. The van der Waals surface area contributed by atoms with E-state index in [2.05, 4.69) is 0 Å². The van der Waals surface area contributed by atoms with Crippen LogP contribution in [0.3, 0.4) is 0 Å². The zero-order valence-corrected chi connectivity index (χ0v) is 24.3. The molecule has 0 radical (unpaired) electrons. The number of hydrogen-bond donors (Lipinski definition) is 6. The van der Waals surface area contributed by atoms with E-state index in [1.54, 1.807) is 12.1 Å². The molecule has 0 aliphatic heterocycles. The van der Waals surface area contributed by atoms with Crippen LogP contribution < -0.4 is 0 Å². The molecule has 39 heavy (non-hydrogen) atoms. The van der Waals surface area contributed by atoms with Gasteiger partial charge in [0.1, 0.15) is 35.9 Å². The molecule has 0 spiro atoms. The van der Waals surface area contributed by atoms with Crippen LogP contribution in [-0.4, -0.2) is 85.7 Å². The monoisotopic (exact) mass is 624 g/mol. The van der Waals surface area contributed by atoms with Crippen LogP contribution in [-0.2, 0) is 17.6 Å². The second kappa shape index (κ2) is 15.3. The van der Waals surface area contributed by atoms with Gasteiger partial charge in [-0.25, -0.2) is 4.79 Å². The number of esters is 1. The maximum atomic E-state index is 12.4. The lowest BCUT2D eigenvalue weighted by molar-refractivity contribution is -0.124. The summed E-state index contributed by atoms with van der Waals surface area (Å²) >= 11 is 20.1. The fourth-order valence-electron chi connectivity index (χ4n) is 5.05. The number of thiophene rings is 1. The topological polar surface area (TPSA) is 148 Å². The van der Waals surface area contributed by atoms with E-state index in [4.69, 9.17) is 44.6 Å². The molecule has 8 nitrogen and oxygen atoms in total. The van der Waals surface area contributed by atoms with Crippen LogP contribution in [0.1, 0.15) is 45.8 Å². The van der Waals surface area contributed by atoms with Crippen molar-refractivity contribution < 1.29 is 40.2 Å². The molecule has 0 unspecified atom stereocenters. The molecule has 0 bridgehead atoms. The van der Waals surface area contributed by atoms with Crippen LogP contribution in [0, 0.1) is 11.8 Å². The van der Waals surface area contributed by atoms with Gasteiger partial charge in [-0.15, -0.1) is 22.9 Å². The van der Waals surface area contributed by atoms with Crippen molar-refractivity contribution in [1.29, 1.82) is 0 Å². The molecular formula is C27H35Cl3O8S. The Kier molecular flexibility index (Phi) is 12.8. The molecule has 1 aliphatic carbocycles. The van der Waals surface area contributed by atoms with E-state index in [1.807, 2.05) is 18.2 Å². The van der Waals surface area contributed by atoms with Crippen LogP contribution in [0.15, 0.2) is 30.3 Å². The summed E-state index contributed by atoms with van der Waals surface area (Å²) in [7, 11) is 0. The van der Waals surface area contributed by atoms with E-state index in [-0.39, 0.29) is 17.2 Å². The summed E-state index contributed by atoms with van der Waals surface area (Å²) in [6.45, 7) is -1.39. The van der Waals surface area contributed by atoms with Crippen molar-refractivity contribution in [3.05, 3.63) is 55.7 Å². The Bertz CT molecular complexity index is 1050. The molecule has 6 N–H and O–H groups in total. The van der Waals surface area contributed by atoms with Gasteiger partial charge in [-0.1, -0.05) is 23.2 Å². The van der Waals surface area contributed by atoms with Crippen LogP contribution in [0.5, 0.6) is 0 Å². The number of carbonyl (C=O) groups is 1. The van der Waals surface area contributed by atoms with Gasteiger partial charge >= 0.3 is 5.97 Å². The van der Waals surface area contributed by atoms with Crippen molar-refractivity contribution in [1.82, 2.24) is 0 Å². The standard InChI is InChI=1S/C27H35Cl3O8S/c28-15-8-14(9-16(29)10-15)4-6-19-18(20(30)11-21(19)32)3-1-2-17-5-7-24(39-17)27(37)38-13-23(34)26(36)25(35)22(33)12-31/h5,7-10,18-23,25-26,31-36H,1-4,6,11-13H2/t18-,19-,20-,21-,22-,23-,25-,26-/m1/s1. The molecule has 0 amide bonds. The van der Waals surface area contributed by atoms with Crippen LogP contribution in [0.4, 0.5) is 0 Å².